The smallest absolute Gasteiger partial charge is 0.329 e. The van der Waals surface area contributed by atoms with E-state index in [1.54, 1.807) is 41.1 Å². The van der Waals surface area contributed by atoms with Gasteiger partial charge in [0.05, 0.1) is 24.4 Å². The molecule has 65 heavy (non-hydrogen) atoms. The molecule has 2 bridgehead atoms. The fraction of sp³-hybridized carbons (Fsp3) is 0.745. The lowest BCUT2D eigenvalue weighted by atomic mass is 9.78. The highest BCUT2D eigenvalue weighted by Crippen LogP contribution is 2.38. The minimum Gasteiger partial charge on any atom is -0.460 e. The standard InChI is InChI=1S/C51H79NO13/c1-30-16-12-11-13-17-31(2)42(61-8)28-38-21-19-36(7)51(60,65-38)48(57)49(58)52-23-15-14-18-39(52)50(59)64-43(33(4)26-37-20-22-40(53)44(27-37)62-9)29-41(54)32(3)25-35(6)46(56)47(63-10)45(55)34(5)24-30/h11-13,16-17,25,30,32-34,36-40,42-44,46-47,53,56,60H,14-15,18-24,26-29H2,1-10H3/t30-,32-,33+,34-,36-,37+,38+,39-,40+,42+,43+,44-,46-,47+,51-/m1/s1. The maximum absolute atomic E-state index is 14.4. The number of esters is 1. The average molecular weight is 914 g/mol. The van der Waals surface area contributed by atoms with E-state index in [-0.39, 0.29) is 54.8 Å². The van der Waals surface area contributed by atoms with Gasteiger partial charge in [-0.2, -0.15) is 0 Å². The summed E-state index contributed by atoms with van der Waals surface area (Å²) in [5.74, 6) is -7.96. The van der Waals surface area contributed by atoms with E-state index in [9.17, 15) is 39.3 Å². The van der Waals surface area contributed by atoms with Gasteiger partial charge in [-0.3, -0.25) is 19.2 Å². The van der Waals surface area contributed by atoms with Gasteiger partial charge >= 0.3 is 5.97 Å². The van der Waals surface area contributed by atoms with Crippen LogP contribution in [0.2, 0.25) is 0 Å². The van der Waals surface area contributed by atoms with Crippen molar-refractivity contribution in [2.45, 2.75) is 180 Å². The number of carbonyl (C=O) groups is 5. The van der Waals surface area contributed by atoms with Gasteiger partial charge in [-0.1, -0.05) is 71.1 Å². The van der Waals surface area contributed by atoms with Crippen molar-refractivity contribution in [2.24, 2.45) is 35.5 Å². The largest absolute Gasteiger partial charge is 0.460 e. The number of ketones is 3. The van der Waals surface area contributed by atoms with Gasteiger partial charge in [0.1, 0.15) is 30.1 Å². The Labute approximate surface area is 387 Å². The van der Waals surface area contributed by atoms with Gasteiger partial charge in [-0.05, 0) is 107 Å². The number of fused-ring (bicyclic) bond motifs is 3. The summed E-state index contributed by atoms with van der Waals surface area (Å²) in [6.07, 6.45) is 11.2. The number of cyclic esters (lactones) is 1. The zero-order valence-corrected chi connectivity index (χ0v) is 40.6. The van der Waals surface area contributed by atoms with E-state index >= 15 is 0 Å². The number of carbonyl (C=O) groups excluding carboxylic acids is 5. The molecule has 366 valence electrons. The first-order valence-corrected chi connectivity index (χ1v) is 23.9. The average Bonchev–Trinajstić information content (AvgIpc) is 3.28. The van der Waals surface area contributed by atoms with Crippen LogP contribution in [0.3, 0.4) is 0 Å². The van der Waals surface area contributed by atoms with Crippen molar-refractivity contribution in [3.63, 3.8) is 0 Å². The summed E-state index contributed by atoms with van der Waals surface area (Å²) in [4.78, 5) is 71.8. The maximum atomic E-state index is 14.4. The van der Waals surface area contributed by atoms with Gasteiger partial charge in [0, 0.05) is 58.5 Å². The molecular weight excluding hydrogens is 835 g/mol. The van der Waals surface area contributed by atoms with E-state index in [0.29, 0.717) is 63.4 Å². The highest BCUT2D eigenvalue weighted by atomic mass is 16.6. The monoisotopic (exact) mass is 914 g/mol. The maximum Gasteiger partial charge on any atom is 0.329 e. The van der Waals surface area contributed by atoms with Crippen LogP contribution in [0.25, 0.3) is 0 Å². The Bertz CT molecular complexity index is 1760. The number of aliphatic hydroxyl groups excluding tert-OH is 2. The van der Waals surface area contributed by atoms with Gasteiger partial charge in [0.2, 0.25) is 5.79 Å². The Morgan fingerprint density at radius 1 is 0.846 bits per heavy atom. The van der Waals surface area contributed by atoms with Crippen LogP contribution < -0.4 is 0 Å². The molecule has 3 aliphatic heterocycles. The van der Waals surface area contributed by atoms with Gasteiger partial charge in [-0.15, -0.1) is 0 Å². The molecule has 0 radical (unpaired) electrons. The lowest BCUT2D eigenvalue weighted by molar-refractivity contribution is -0.265. The van der Waals surface area contributed by atoms with E-state index in [1.807, 2.05) is 58.1 Å². The third kappa shape index (κ3) is 14.3. The third-order valence-corrected chi connectivity index (χ3v) is 14.5. The van der Waals surface area contributed by atoms with Crippen molar-refractivity contribution in [1.29, 1.82) is 0 Å². The number of rotatable bonds is 6. The molecule has 0 aromatic carbocycles. The second kappa shape index (κ2) is 25.1. The lowest BCUT2D eigenvalue weighted by Gasteiger charge is -2.42. The van der Waals surface area contributed by atoms with E-state index in [0.717, 1.165) is 12.0 Å². The molecule has 15 atom stereocenters. The number of allylic oxidation sites excluding steroid dienone is 6. The zero-order chi connectivity index (χ0) is 48.2. The summed E-state index contributed by atoms with van der Waals surface area (Å²) in [5, 5.41) is 33.8. The molecule has 3 heterocycles. The van der Waals surface area contributed by atoms with Crippen LogP contribution in [0.1, 0.15) is 126 Å². The van der Waals surface area contributed by atoms with Crippen LogP contribution >= 0.6 is 0 Å². The van der Waals surface area contributed by atoms with Crippen molar-refractivity contribution in [3.8, 4) is 0 Å². The number of hydrogen-bond acceptors (Lipinski definition) is 13. The third-order valence-electron chi connectivity index (χ3n) is 14.5. The fourth-order valence-corrected chi connectivity index (χ4v) is 10.1. The van der Waals surface area contributed by atoms with Crippen molar-refractivity contribution >= 4 is 29.2 Å². The molecule has 14 heteroatoms. The Hall–Kier alpha value is -3.37. The SMILES string of the molecule is CO[C@H]1C[C@@H]2CC[C@@H](C)[C@@](O)(O2)C(=O)C(=O)N2CCCC[C@@H]2C(=O)O[C@H]([C@@H](C)C[C@@H]2CC[C@H](O)[C@H](OC)C2)CC(=O)[C@H](C)C=C(C)[C@@H](O)[C@@H](OC)C(=O)[C@H](C)C[C@H](C)C=CC=CC=C1C. The van der Waals surface area contributed by atoms with E-state index < -0.39 is 83.9 Å². The van der Waals surface area contributed by atoms with Gasteiger partial charge in [0.15, 0.2) is 5.78 Å². The Kier molecular flexibility index (Phi) is 21.0. The number of nitrogens with zero attached hydrogens (tertiary/aromatic N) is 1. The minimum atomic E-state index is -2.43. The van der Waals surface area contributed by atoms with Crippen LogP contribution in [0.5, 0.6) is 0 Å². The highest BCUT2D eigenvalue weighted by molar-refractivity contribution is 6.39. The molecule has 0 aromatic rings. The number of aliphatic hydroxyl groups is 3. The summed E-state index contributed by atoms with van der Waals surface area (Å²) >= 11 is 0. The van der Waals surface area contributed by atoms with Crippen molar-refractivity contribution in [3.05, 3.63) is 47.6 Å². The number of amides is 1. The molecular formula is C51H79NO13. The van der Waals surface area contributed by atoms with Gasteiger partial charge in [-0.25, -0.2) is 4.79 Å². The second-order valence-corrected chi connectivity index (χ2v) is 19.6. The summed E-state index contributed by atoms with van der Waals surface area (Å²) in [7, 11) is 4.52. The quantitative estimate of drug-likeness (QED) is 0.156. The molecule has 2 saturated heterocycles. The van der Waals surface area contributed by atoms with Crippen LogP contribution in [-0.2, 0) is 47.7 Å². The number of piperidine rings is 1. The van der Waals surface area contributed by atoms with E-state index in [1.165, 1.54) is 12.0 Å². The predicted molar refractivity (Wildman–Crippen MR) is 245 cm³/mol. The number of hydrogen-bond donors (Lipinski definition) is 3. The van der Waals surface area contributed by atoms with Crippen LogP contribution in [0, 0.1) is 35.5 Å². The topological polar surface area (TPSA) is 195 Å². The highest BCUT2D eigenvalue weighted by Gasteiger charge is 2.53. The zero-order valence-electron chi connectivity index (χ0n) is 40.6. The molecule has 0 aromatic heterocycles. The lowest BCUT2D eigenvalue weighted by Crippen LogP contribution is -2.61. The van der Waals surface area contributed by atoms with Crippen molar-refractivity contribution in [2.75, 3.05) is 27.9 Å². The second-order valence-electron chi connectivity index (χ2n) is 19.6. The first-order chi connectivity index (χ1) is 30.7. The van der Waals surface area contributed by atoms with E-state index in [2.05, 4.69) is 0 Å². The summed E-state index contributed by atoms with van der Waals surface area (Å²) in [5.41, 5.74) is 1.27. The Morgan fingerprint density at radius 2 is 1.57 bits per heavy atom. The Balaban J connectivity index is 1.70. The summed E-state index contributed by atoms with van der Waals surface area (Å²) in [6.45, 7) is 12.7. The molecule has 3 N–H and O–H groups in total. The van der Waals surface area contributed by atoms with Gasteiger partial charge in [0.25, 0.3) is 11.7 Å². The summed E-state index contributed by atoms with van der Waals surface area (Å²) in [6, 6.07) is -1.14. The van der Waals surface area contributed by atoms with Crippen molar-refractivity contribution < 1.29 is 63.0 Å². The molecule has 0 spiro atoms. The molecule has 14 nitrogen and oxygen atoms in total. The van der Waals surface area contributed by atoms with Crippen LogP contribution in [-0.4, -0.2) is 132 Å². The van der Waals surface area contributed by atoms with Crippen molar-refractivity contribution in [1.82, 2.24) is 4.90 Å². The normalized spacial score (nSPS) is 37.8. The Morgan fingerprint density at radius 3 is 2.25 bits per heavy atom. The number of ether oxygens (including phenoxy) is 5. The van der Waals surface area contributed by atoms with E-state index in [4.69, 9.17) is 23.7 Å². The number of methoxy groups -OCH3 is 3. The first kappa shape index (κ1) is 54.2. The molecule has 1 saturated carbocycles. The summed E-state index contributed by atoms with van der Waals surface area (Å²) < 4.78 is 29.4. The van der Waals surface area contributed by atoms with Gasteiger partial charge < -0.3 is 43.9 Å². The molecule has 4 aliphatic rings. The predicted octanol–water partition coefficient (Wildman–Crippen LogP) is 6.18. The van der Waals surface area contributed by atoms with Crippen LogP contribution in [0.4, 0.5) is 0 Å². The molecule has 4 rings (SSSR count). The first-order valence-electron chi connectivity index (χ1n) is 23.9. The fourth-order valence-electron chi connectivity index (χ4n) is 10.1. The molecule has 1 amide bonds. The molecule has 3 fully saturated rings. The number of Topliss-reactive ketones (excluding diaryl/α,β-unsaturated/α-hetero) is 3. The molecule has 0 unspecified atom stereocenters. The molecule has 1 aliphatic carbocycles. The van der Waals surface area contributed by atoms with Crippen LogP contribution in [0.15, 0.2) is 47.6 Å². The minimum absolute atomic E-state index is 0.0193.